The fraction of sp³-hybridized carbons (Fsp3) is 0.600. The Balaban J connectivity index is 2.61. The number of Topliss-reactive ketones (excluding diaryl/α,β-unsaturated/α-hetero) is 1. The van der Waals surface area contributed by atoms with E-state index in [-0.39, 0.29) is 5.92 Å². The first kappa shape index (κ1) is 9.17. The van der Waals surface area contributed by atoms with Gasteiger partial charge in [-0.3, -0.25) is 9.59 Å². The van der Waals surface area contributed by atoms with Crippen LogP contribution in [0.3, 0.4) is 0 Å². The zero-order chi connectivity index (χ0) is 8.97. The molecule has 1 aliphatic rings. The number of carbonyl (C=O) groups is 2. The molecular weight excluding hydrogens is 152 g/mol. The molecule has 0 spiro atoms. The van der Waals surface area contributed by atoms with E-state index < -0.39 is 0 Å². The van der Waals surface area contributed by atoms with Crippen molar-refractivity contribution in [2.24, 2.45) is 5.92 Å². The van der Waals surface area contributed by atoms with Gasteiger partial charge < -0.3 is 0 Å². The minimum absolute atomic E-state index is 0.203. The number of allylic oxidation sites excluding steroid dienone is 2. The normalized spacial score (nSPS) is 25.6. The van der Waals surface area contributed by atoms with Crippen LogP contribution in [0.2, 0.25) is 0 Å². The van der Waals surface area contributed by atoms with Crippen molar-refractivity contribution in [1.29, 1.82) is 0 Å². The highest BCUT2D eigenvalue weighted by atomic mass is 16.1. The number of hydrogen-bond acceptors (Lipinski definition) is 2. The Hall–Kier alpha value is -0.920. The van der Waals surface area contributed by atoms with Gasteiger partial charge in [0, 0.05) is 12.8 Å². The summed E-state index contributed by atoms with van der Waals surface area (Å²) in [5, 5.41) is 0. The second kappa shape index (κ2) is 4.19. The Labute approximate surface area is 72.7 Å². The third-order valence-electron chi connectivity index (χ3n) is 2.42. The van der Waals surface area contributed by atoms with Crippen molar-refractivity contribution in [2.75, 3.05) is 0 Å². The summed E-state index contributed by atoms with van der Waals surface area (Å²) < 4.78 is 0. The standard InChI is InChI=1S/C10H14O2/c1-2-8(7-11)9-4-3-5-10(12)6-9/h2,7,9H,3-6H2,1H3/b8-2-. The van der Waals surface area contributed by atoms with Crippen molar-refractivity contribution >= 4 is 12.1 Å². The quantitative estimate of drug-likeness (QED) is 0.463. The molecule has 0 aliphatic heterocycles. The molecule has 1 rings (SSSR count). The summed E-state index contributed by atoms with van der Waals surface area (Å²) in [5.74, 6) is 0.501. The molecule has 0 radical (unpaired) electrons. The molecule has 0 N–H and O–H groups in total. The Kier molecular flexibility index (Phi) is 3.20. The molecule has 0 bridgehead atoms. The lowest BCUT2D eigenvalue weighted by Crippen LogP contribution is -2.17. The molecule has 2 nitrogen and oxygen atoms in total. The van der Waals surface area contributed by atoms with Crippen LogP contribution in [-0.2, 0) is 9.59 Å². The minimum Gasteiger partial charge on any atom is -0.300 e. The fourth-order valence-corrected chi connectivity index (χ4v) is 1.71. The first-order valence-corrected chi connectivity index (χ1v) is 4.41. The van der Waals surface area contributed by atoms with E-state index in [0.717, 1.165) is 24.7 Å². The predicted octanol–water partition coefficient (Wildman–Crippen LogP) is 1.89. The third kappa shape index (κ3) is 2.03. The highest BCUT2D eigenvalue weighted by molar-refractivity contribution is 5.82. The van der Waals surface area contributed by atoms with E-state index in [9.17, 15) is 9.59 Å². The first-order chi connectivity index (χ1) is 5.77. The summed E-state index contributed by atoms with van der Waals surface area (Å²) >= 11 is 0. The van der Waals surface area contributed by atoms with Gasteiger partial charge in [0.15, 0.2) is 0 Å². The fourth-order valence-electron chi connectivity index (χ4n) is 1.71. The van der Waals surface area contributed by atoms with Gasteiger partial charge in [-0.25, -0.2) is 0 Å². The zero-order valence-corrected chi connectivity index (χ0v) is 7.38. The van der Waals surface area contributed by atoms with E-state index in [0.29, 0.717) is 18.6 Å². The summed E-state index contributed by atoms with van der Waals surface area (Å²) in [6.45, 7) is 1.85. The number of rotatable bonds is 2. The van der Waals surface area contributed by atoms with Gasteiger partial charge in [0.1, 0.15) is 12.1 Å². The van der Waals surface area contributed by atoms with Gasteiger partial charge in [-0.2, -0.15) is 0 Å². The van der Waals surface area contributed by atoms with E-state index >= 15 is 0 Å². The SMILES string of the molecule is C/C=C(/C=O)C1CCCC(=O)C1. The lowest BCUT2D eigenvalue weighted by Gasteiger charge is -2.20. The summed E-state index contributed by atoms with van der Waals surface area (Å²) in [6, 6.07) is 0. The Morgan fingerprint density at radius 3 is 2.83 bits per heavy atom. The predicted molar refractivity (Wildman–Crippen MR) is 46.8 cm³/mol. The third-order valence-corrected chi connectivity index (χ3v) is 2.42. The van der Waals surface area contributed by atoms with Crippen LogP contribution in [0.15, 0.2) is 11.6 Å². The summed E-state index contributed by atoms with van der Waals surface area (Å²) in [7, 11) is 0. The van der Waals surface area contributed by atoms with E-state index in [2.05, 4.69) is 0 Å². The van der Waals surface area contributed by atoms with Crippen LogP contribution in [0.25, 0.3) is 0 Å². The monoisotopic (exact) mass is 166 g/mol. The molecule has 1 aliphatic carbocycles. The Morgan fingerprint density at radius 2 is 2.33 bits per heavy atom. The second-order valence-electron chi connectivity index (χ2n) is 3.24. The van der Waals surface area contributed by atoms with Crippen LogP contribution < -0.4 is 0 Å². The molecule has 0 aromatic rings. The van der Waals surface area contributed by atoms with Gasteiger partial charge in [0.2, 0.25) is 0 Å². The minimum atomic E-state index is 0.203. The van der Waals surface area contributed by atoms with Gasteiger partial charge in [0.05, 0.1) is 0 Å². The molecule has 0 heterocycles. The molecular formula is C10H14O2. The average Bonchev–Trinajstić information content (AvgIpc) is 2.07. The molecule has 12 heavy (non-hydrogen) atoms. The number of hydrogen-bond donors (Lipinski definition) is 0. The van der Waals surface area contributed by atoms with Crippen molar-refractivity contribution in [3.63, 3.8) is 0 Å². The maximum absolute atomic E-state index is 11.1. The van der Waals surface area contributed by atoms with Gasteiger partial charge >= 0.3 is 0 Å². The van der Waals surface area contributed by atoms with Crippen molar-refractivity contribution in [3.05, 3.63) is 11.6 Å². The van der Waals surface area contributed by atoms with Crippen LogP contribution >= 0.6 is 0 Å². The molecule has 1 saturated carbocycles. The summed E-state index contributed by atoms with van der Waals surface area (Å²) in [6.07, 6.45) is 5.89. The van der Waals surface area contributed by atoms with Gasteiger partial charge in [-0.05, 0) is 31.3 Å². The Bertz CT molecular complexity index is 216. The molecule has 0 amide bonds. The van der Waals surface area contributed by atoms with E-state index in [1.807, 2.05) is 13.0 Å². The molecule has 0 aromatic heterocycles. The van der Waals surface area contributed by atoms with Crippen LogP contribution in [-0.4, -0.2) is 12.1 Å². The van der Waals surface area contributed by atoms with E-state index in [1.54, 1.807) is 0 Å². The first-order valence-electron chi connectivity index (χ1n) is 4.41. The highest BCUT2D eigenvalue weighted by Crippen LogP contribution is 2.26. The lowest BCUT2D eigenvalue weighted by molar-refractivity contribution is -0.121. The van der Waals surface area contributed by atoms with Crippen LogP contribution in [0, 0.1) is 5.92 Å². The maximum atomic E-state index is 11.1. The molecule has 1 fully saturated rings. The molecule has 0 saturated heterocycles. The van der Waals surface area contributed by atoms with E-state index in [4.69, 9.17) is 0 Å². The number of carbonyl (C=O) groups excluding carboxylic acids is 2. The molecule has 1 unspecified atom stereocenters. The molecule has 1 atom stereocenters. The zero-order valence-electron chi connectivity index (χ0n) is 7.38. The molecule has 66 valence electrons. The summed E-state index contributed by atoms with van der Waals surface area (Å²) in [4.78, 5) is 21.6. The average molecular weight is 166 g/mol. The lowest BCUT2D eigenvalue weighted by atomic mass is 9.83. The van der Waals surface area contributed by atoms with Crippen molar-refractivity contribution < 1.29 is 9.59 Å². The summed E-state index contributed by atoms with van der Waals surface area (Å²) in [5.41, 5.74) is 0.794. The van der Waals surface area contributed by atoms with Crippen LogP contribution in [0.1, 0.15) is 32.6 Å². The largest absolute Gasteiger partial charge is 0.300 e. The van der Waals surface area contributed by atoms with Crippen molar-refractivity contribution in [1.82, 2.24) is 0 Å². The topological polar surface area (TPSA) is 34.1 Å². The van der Waals surface area contributed by atoms with Gasteiger partial charge in [-0.1, -0.05) is 6.08 Å². The van der Waals surface area contributed by atoms with Crippen LogP contribution in [0.4, 0.5) is 0 Å². The molecule has 2 heteroatoms. The van der Waals surface area contributed by atoms with Gasteiger partial charge in [-0.15, -0.1) is 0 Å². The van der Waals surface area contributed by atoms with E-state index in [1.165, 1.54) is 0 Å². The van der Waals surface area contributed by atoms with Crippen molar-refractivity contribution in [3.8, 4) is 0 Å². The molecule has 0 aromatic carbocycles. The number of aldehydes is 1. The maximum Gasteiger partial charge on any atom is 0.145 e. The van der Waals surface area contributed by atoms with Crippen LogP contribution in [0.5, 0.6) is 0 Å². The Morgan fingerprint density at radius 1 is 1.58 bits per heavy atom. The smallest absolute Gasteiger partial charge is 0.145 e. The van der Waals surface area contributed by atoms with Crippen molar-refractivity contribution in [2.45, 2.75) is 32.6 Å². The highest BCUT2D eigenvalue weighted by Gasteiger charge is 2.21. The van der Waals surface area contributed by atoms with Gasteiger partial charge in [0.25, 0.3) is 0 Å². The second-order valence-corrected chi connectivity index (χ2v) is 3.24. The number of ketones is 1.